The lowest BCUT2D eigenvalue weighted by molar-refractivity contribution is 0.102. The molecule has 0 aliphatic carbocycles. The molecule has 1 N–H and O–H groups in total. The van der Waals surface area contributed by atoms with Gasteiger partial charge in [0.2, 0.25) is 0 Å². The Labute approximate surface area is 117 Å². The van der Waals surface area contributed by atoms with Crippen molar-refractivity contribution in [1.29, 1.82) is 0 Å². The standard InChI is InChI=1S/C15H14ClNO2/c1-10-5-3-4-6-13(10)17-15(18)12-9-11(16)7-8-14(12)19-2/h3-9H,1-2H3,(H,17,18). The summed E-state index contributed by atoms with van der Waals surface area (Å²) in [5, 5.41) is 3.35. The van der Waals surface area contributed by atoms with Gasteiger partial charge in [-0.3, -0.25) is 4.79 Å². The van der Waals surface area contributed by atoms with E-state index in [1.54, 1.807) is 18.2 Å². The maximum absolute atomic E-state index is 12.2. The number of hydrogen-bond donors (Lipinski definition) is 1. The first-order valence-electron chi connectivity index (χ1n) is 5.82. The van der Waals surface area contributed by atoms with E-state index in [2.05, 4.69) is 5.32 Å². The highest BCUT2D eigenvalue weighted by molar-refractivity contribution is 6.31. The number of nitrogens with one attached hydrogen (secondary N) is 1. The fourth-order valence-corrected chi connectivity index (χ4v) is 1.93. The molecule has 0 aliphatic rings. The molecule has 0 saturated carbocycles. The van der Waals surface area contributed by atoms with Crippen LogP contribution < -0.4 is 10.1 Å². The van der Waals surface area contributed by atoms with Crippen LogP contribution in [0.4, 0.5) is 5.69 Å². The number of rotatable bonds is 3. The molecule has 2 aromatic rings. The van der Waals surface area contributed by atoms with Crippen LogP contribution in [0.15, 0.2) is 42.5 Å². The van der Waals surface area contributed by atoms with Gasteiger partial charge in [0.15, 0.2) is 0 Å². The summed E-state index contributed by atoms with van der Waals surface area (Å²) < 4.78 is 5.17. The Morgan fingerprint density at radius 3 is 2.63 bits per heavy atom. The largest absolute Gasteiger partial charge is 0.496 e. The first-order chi connectivity index (χ1) is 9.11. The summed E-state index contributed by atoms with van der Waals surface area (Å²) in [7, 11) is 1.52. The average Bonchev–Trinajstić information content (AvgIpc) is 2.41. The van der Waals surface area contributed by atoms with Crippen molar-refractivity contribution in [2.75, 3.05) is 12.4 Å². The zero-order valence-corrected chi connectivity index (χ0v) is 11.5. The summed E-state index contributed by atoms with van der Waals surface area (Å²) >= 11 is 5.92. The van der Waals surface area contributed by atoms with Gasteiger partial charge in [-0.1, -0.05) is 29.8 Å². The second kappa shape index (κ2) is 5.76. The van der Waals surface area contributed by atoms with Crippen LogP contribution in [-0.2, 0) is 0 Å². The van der Waals surface area contributed by atoms with Gasteiger partial charge in [0, 0.05) is 10.7 Å². The van der Waals surface area contributed by atoms with Crippen LogP contribution in [0.3, 0.4) is 0 Å². The fourth-order valence-electron chi connectivity index (χ4n) is 1.76. The van der Waals surface area contributed by atoms with Gasteiger partial charge < -0.3 is 10.1 Å². The van der Waals surface area contributed by atoms with Gasteiger partial charge in [0.1, 0.15) is 5.75 Å². The van der Waals surface area contributed by atoms with E-state index < -0.39 is 0 Å². The van der Waals surface area contributed by atoms with Crippen molar-refractivity contribution in [3.63, 3.8) is 0 Å². The summed E-state index contributed by atoms with van der Waals surface area (Å²) in [4.78, 5) is 12.2. The number of hydrogen-bond acceptors (Lipinski definition) is 2. The van der Waals surface area contributed by atoms with Gasteiger partial charge in [0.25, 0.3) is 5.91 Å². The number of para-hydroxylation sites is 1. The highest BCUT2D eigenvalue weighted by Gasteiger charge is 2.13. The van der Waals surface area contributed by atoms with Crippen molar-refractivity contribution < 1.29 is 9.53 Å². The smallest absolute Gasteiger partial charge is 0.259 e. The number of carbonyl (C=O) groups is 1. The van der Waals surface area contributed by atoms with E-state index in [9.17, 15) is 4.79 Å². The molecule has 98 valence electrons. The lowest BCUT2D eigenvalue weighted by atomic mass is 10.1. The molecule has 19 heavy (non-hydrogen) atoms. The molecule has 0 unspecified atom stereocenters. The SMILES string of the molecule is COc1ccc(Cl)cc1C(=O)Nc1ccccc1C. The summed E-state index contributed by atoms with van der Waals surface area (Å²) in [5.41, 5.74) is 2.18. The third-order valence-electron chi connectivity index (χ3n) is 2.80. The predicted octanol–water partition coefficient (Wildman–Crippen LogP) is 3.91. The third kappa shape index (κ3) is 3.06. The van der Waals surface area contributed by atoms with Crippen molar-refractivity contribution in [3.05, 3.63) is 58.6 Å². The van der Waals surface area contributed by atoms with Crippen LogP contribution in [0.25, 0.3) is 0 Å². The van der Waals surface area contributed by atoms with Gasteiger partial charge in [-0.15, -0.1) is 0 Å². The molecular formula is C15H14ClNO2. The van der Waals surface area contributed by atoms with Crippen molar-refractivity contribution in [3.8, 4) is 5.75 Å². The van der Waals surface area contributed by atoms with Crippen LogP contribution in [0.5, 0.6) is 5.75 Å². The van der Waals surface area contributed by atoms with Crippen molar-refractivity contribution in [2.45, 2.75) is 6.92 Å². The van der Waals surface area contributed by atoms with E-state index in [1.165, 1.54) is 7.11 Å². The van der Waals surface area contributed by atoms with Crippen molar-refractivity contribution in [1.82, 2.24) is 0 Å². The van der Waals surface area contributed by atoms with E-state index in [1.807, 2.05) is 31.2 Å². The number of carbonyl (C=O) groups excluding carboxylic acids is 1. The van der Waals surface area contributed by atoms with Crippen LogP contribution >= 0.6 is 11.6 Å². The number of halogens is 1. The minimum Gasteiger partial charge on any atom is -0.496 e. The Bertz CT molecular complexity index is 611. The highest BCUT2D eigenvalue weighted by atomic mass is 35.5. The fraction of sp³-hybridized carbons (Fsp3) is 0.133. The van der Waals surface area contributed by atoms with Crippen LogP contribution in [0, 0.1) is 6.92 Å². The molecule has 0 atom stereocenters. The van der Waals surface area contributed by atoms with E-state index in [0.717, 1.165) is 11.3 Å². The number of benzene rings is 2. The predicted molar refractivity (Wildman–Crippen MR) is 77.1 cm³/mol. The first-order valence-corrected chi connectivity index (χ1v) is 6.20. The summed E-state index contributed by atoms with van der Waals surface area (Å²) in [6.45, 7) is 1.94. The van der Waals surface area contributed by atoms with E-state index in [-0.39, 0.29) is 5.91 Å². The Morgan fingerprint density at radius 2 is 1.95 bits per heavy atom. The van der Waals surface area contributed by atoms with Gasteiger partial charge in [-0.05, 0) is 36.8 Å². The van der Waals surface area contributed by atoms with E-state index in [4.69, 9.17) is 16.3 Å². The minimum absolute atomic E-state index is 0.242. The summed E-state index contributed by atoms with van der Waals surface area (Å²) in [5.74, 6) is 0.254. The van der Waals surface area contributed by atoms with Crippen LogP contribution in [0.1, 0.15) is 15.9 Å². The molecule has 2 aromatic carbocycles. The molecule has 0 spiro atoms. The lowest BCUT2D eigenvalue weighted by Crippen LogP contribution is -2.13. The molecule has 0 aliphatic heterocycles. The Hall–Kier alpha value is -2.00. The quantitative estimate of drug-likeness (QED) is 0.922. The highest BCUT2D eigenvalue weighted by Crippen LogP contribution is 2.24. The molecule has 0 radical (unpaired) electrons. The zero-order valence-electron chi connectivity index (χ0n) is 10.7. The van der Waals surface area contributed by atoms with Crippen molar-refractivity contribution >= 4 is 23.2 Å². The zero-order chi connectivity index (χ0) is 13.8. The second-order valence-electron chi connectivity index (χ2n) is 4.11. The topological polar surface area (TPSA) is 38.3 Å². The molecule has 2 rings (SSSR count). The number of aryl methyl sites for hydroxylation is 1. The third-order valence-corrected chi connectivity index (χ3v) is 3.03. The number of methoxy groups -OCH3 is 1. The number of anilines is 1. The summed E-state index contributed by atoms with van der Waals surface area (Å²) in [6.07, 6.45) is 0. The van der Waals surface area contributed by atoms with E-state index in [0.29, 0.717) is 16.3 Å². The Morgan fingerprint density at radius 1 is 1.21 bits per heavy atom. The monoisotopic (exact) mass is 275 g/mol. The van der Waals surface area contributed by atoms with E-state index >= 15 is 0 Å². The van der Waals surface area contributed by atoms with Gasteiger partial charge in [-0.2, -0.15) is 0 Å². The molecular weight excluding hydrogens is 262 g/mol. The molecule has 3 nitrogen and oxygen atoms in total. The molecule has 1 amide bonds. The van der Waals surface area contributed by atoms with Gasteiger partial charge in [-0.25, -0.2) is 0 Å². The second-order valence-corrected chi connectivity index (χ2v) is 4.55. The van der Waals surface area contributed by atoms with Crippen LogP contribution in [-0.4, -0.2) is 13.0 Å². The molecule has 0 fully saturated rings. The Kier molecular flexibility index (Phi) is 4.07. The summed E-state index contributed by atoms with van der Waals surface area (Å²) in [6, 6.07) is 12.5. The Balaban J connectivity index is 2.30. The minimum atomic E-state index is -0.242. The maximum atomic E-state index is 12.2. The van der Waals surface area contributed by atoms with Crippen molar-refractivity contribution in [2.24, 2.45) is 0 Å². The van der Waals surface area contributed by atoms with Gasteiger partial charge >= 0.3 is 0 Å². The average molecular weight is 276 g/mol. The van der Waals surface area contributed by atoms with Gasteiger partial charge in [0.05, 0.1) is 12.7 Å². The lowest BCUT2D eigenvalue weighted by Gasteiger charge is -2.11. The molecule has 0 saturated heterocycles. The normalized spacial score (nSPS) is 10.1. The molecule has 0 aromatic heterocycles. The number of ether oxygens (including phenoxy) is 1. The number of amides is 1. The maximum Gasteiger partial charge on any atom is 0.259 e. The first kappa shape index (κ1) is 13.4. The molecule has 0 heterocycles. The molecule has 4 heteroatoms. The molecule has 0 bridgehead atoms. The van der Waals surface area contributed by atoms with Crippen LogP contribution in [0.2, 0.25) is 5.02 Å².